The fraction of sp³-hybridized carbons (Fsp3) is 0.429. The second-order valence-electron chi connectivity index (χ2n) is 4.89. The highest BCUT2D eigenvalue weighted by atomic mass is 16.5. The van der Waals surface area contributed by atoms with Gasteiger partial charge >= 0.3 is 11.9 Å². The first-order chi connectivity index (χ1) is 9.47. The molecule has 2 rings (SSSR count). The zero-order chi connectivity index (χ0) is 14.7. The number of hydrogen-bond acceptors (Lipinski definition) is 5. The molecule has 0 amide bonds. The van der Waals surface area contributed by atoms with Crippen LogP contribution in [0, 0.1) is 0 Å². The second-order valence-corrected chi connectivity index (χ2v) is 4.89. The summed E-state index contributed by atoms with van der Waals surface area (Å²) in [6.45, 7) is 0. The molecule has 0 radical (unpaired) electrons. The summed E-state index contributed by atoms with van der Waals surface area (Å²) in [7, 11) is 0. The Morgan fingerprint density at radius 3 is 2.10 bits per heavy atom. The first-order valence-corrected chi connectivity index (χ1v) is 6.36. The van der Waals surface area contributed by atoms with Crippen molar-refractivity contribution in [3.8, 4) is 0 Å². The van der Waals surface area contributed by atoms with E-state index in [2.05, 4.69) is 0 Å². The maximum Gasteiger partial charge on any atom is 0.339 e. The van der Waals surface area contributed by atoms with Gasteiger partial charge in [0.25, 0.3) is 0 Å². The molecule has 1 saturated carbocycles. The summed E-state index contributed by atoms with van der Waals surface area (Å²) in [5.74, 6) is -1.96. The number of rotatable bonds is 3. The van der Waals surface area contributed by atoms with Crippen LogP contribution in [-0.4, -0.2) is 45.6 Å². The molecule has 0 aliphatic heterocycles. The number of carboxylic acid groups (broad SMARTS) is 1. The summed E-state index contributed by atoms with van der Waals surface area (Å²) in [6, 6.07) is 5.77. The zero-order valence-electron chi connectivity index (χ0n) is 10.7. The molecule has 0 aromatic heterocycles. The molecule has 1 fully saturated rings. The van der Waals surface area contributed by atoms with Crippen molar-refractivity contribution in [2.24, 2.45) is 0 Å². The van der Waals surface area contributed by atoms with E-state index < -0.39 is 30.3 Å². The quantitative estimate of drug-likeness (QED) is 0.708. The van der Waals surface area contributed by atoms with Crippen molar-refractivity contribution in [2.45, 2.75) is 37.6 Å². The Labute approximate surface area is 115 Å². The van der Waals surface area contributed by atoms with Crippen molar-refractivity contribution in [3.05, 3.63) is 35.4 Å². The van der Waals surface area contributed by atoms with Crippen LogP contribution in [0.2, 0.25) is 0 Å². The van der Waals surface area contributed by atoms with Gasteiger partial charge in [0.05, 0.1) is 23.3 Å². The predicted molar refractivity (Wildman–Crippen MR) is 68.5 cm³/mol. The van der Waals surface area contributed by atoms with E-state index >= 15 is 0 Å². The molecule has 2 atom stereocenters. The van der Waals surface area contributed by atoms with Gasteiger partial charge in [0, 0.05) is 12.8 Å². The Bertz CT molecular complexity index is 502. The van der Waals surface area contributed by atoms with Crippen LogP contribution in [0.5, 0.6) is 0 Å². The summed E-state index contributed by atoms with van der Waals surface area (Å²) in [5, 5.41) is 28.1. The van der Waals surface area contributed by atoms with Crippen LogP contribution in [-0.2, 0) is 4.74 Å². The molecular weight excluding hydrogens is 264 g/mol. The first kappa shape index (κ1) is 14.5. The number of ether oxygens (including phenoxy) is 1. The lowest BCUT2D eigenvalue weighted by atomic mass is 9.92. The SMILES string of the molecule is O=C(O)c1ccccc1C(=O)OC1CC(O)CC(O)C1. The van der Waals surface area contributed by atoms with Crippen LogP contribution >= 0.6 is 0 Å². The van der Waals surface area contributed by atoms with E-state index in [0.29, 0.717) is 0 Å². The lowest BCUT2D eigenvalue weighted by molar-refractivity contribution is -0.0409. The van der Waals surface area contributed by atoms with Crippen LogP contribution in [0.15, 0.2) is 24.3 Å². The fourth-order valence-electron chi connectivity index (χ4n) is 2.37. The standard InChI is InChI=1S/C14H16O6/c15-8-5-9(16)7-10(6-8)20-14(19)12-4-2-1-3-11(12)13(17)18/h1-4,8-10,15-16H,5-7H2,(H,17,18). The minimum absolute atomic E-state index is 0.0328. The monoisotopic (exact) mass is 280 g/mol. The van der Waals surface area contributed by atoms with Crippen molar-refractivity contribution >= 4 is 11.9 Å². The average Bonchev–Trinajstić information content (AvgIpc) is 2.37. The van der Waals surface area contributed by atoms with Crippen LogP contribution in [0.25, 0.3) is 0 Å². The maximum atomic E-state index is 12.0. The van der Waals surface area contributed by atoms with E-state index in [1.54, 1.807) is 6.07 Å². The molecule has 20 heavy (non-hydrogen) atoms. The third-order valence-corrected chi connectivity index (χ3v) is 3.27. The molecule has 6 nitrogen and oxygen atoms in total. The number of aliphatic hydroxyl groups is 2. The number of aromatic carboxylic acids is 1. The van der Waals surface area contributed by atoms with Gasteiger partial charge in [-0.05, 0) is 18.6 Å². The van der Waals surface area contributed by atoms with Crippen LogP contribution in [0.3, 0.4) is 0 Å². The number of aliphatic hydroxyl groups excluding tert-OH is 2. The van der Waals surface area contributed by atoms with Gasteiger partial charge in [-0.3, -0.25) is 0 Å². The van der Waals surface area contributed by atoms with E-state index in [0.717, 1.165) is 0 Å². The van der Waals surface area contributed by atoms with Crippen molar-refractivity contribution < 1.29 is 29.6 Å². The maximum absolute atomic E-state index is 12.0. The molecule has 1 aromatic carbocycles. The molecule has 2 unspecified atom stereocenters. The zero-order valence-corrected chi connectivity index (χ0v) is 10.7. The molecule has 0 bridgehead atoms. The van der Waals surface area contributed by atoms with Gasteiger partial charge in [0.15, 0.2) is 0 Å². The lowest BCUT2D eigenvalue weighted by Crippen LogP contribution is -2.35. The summed E-state index contributed by atoms with van der Waals surface area (Å²) in [6.07, 6.45) is -1.28. The minimum atomic E-state index is -1.21. The largest absolute Gasteiger partial charge is 0.478 e. The molecule has 1 aliphatic rings. The van der Waals surface area contributed by atoms with Crippen molar-refractivity contribution in [1.82, 2.24) is 0 Å². The first-order valence-electron chi connectivity index (χ1n) is 6.36. The van der Waals surface area contributed by atoms with Gasteiger partial charge in [-0.2, -0.15) is 0 Å². The Kier molecular flexibility index (Phi) is 4.36. The molecule has 108 valence electrons. The Morgan fingerprint density at radius 1 is 1.00 bits per heavy atom. The number of carbonyl (C=O) groups is 2. The number of carbonyl (C=O) groups excluding carboxylic acids is 1. The fourth-order valence-corrected chi connectivity index (χ4v) is 2.37. The minimum Gasteiger partial charge on any atom is -0.478 e. The van der Waals surface area contributed by atoms with Crippen LogP contribution in [0.1, 0.15) is 40.0 Å². The molecule has 1 aliphatic carbocycles. The number of benzene rings is 1. The van der Waals surface area contributed by atoms with Gasteiger partial charge in [-0.25, -0.2) is 9.59 Å². The number of carboxylic acids is 1. The van der Waals surface area contributed by atoms with Crippen molar-refractivity contribution in [2.75, 3.05) is 0 Å². The molecule has 0 spiro atoms. The van der Waals surface area contributed by atoms with E-state index in [1.165, 1.54) is 18.2 Å². The number of esters is 1. The summed E-state index contributed by atoms with van der Waals surface area (Å²) >= 11 is 0. The van der Waals surface area contributed by atoms with E-state index in [1.807, 2.05) is 0 Å². The third-order valence-electron chi connectivity index (χ3n) is 3.27. The van der Waals surface area contributed by atoms with Gasteiger partial charge in [0.1, 0.15) is 6.10 Å². The highest BCUT2D eigenvalue weighted by Crippen LogP contribution is 2.23. The van der Waals surface area contributed by atoms with Gasteiger partial charge in [0.2, 0.25) is 0 Å². The summed E-state index contributed by atoms with van der Waals surface area (Å²) in [4.78, 5) is 23.0. The van der Waals surface area contributed by atoms with E-state index in [9.17, 15) is 19.8 Å². The molecule has 6 heteroatoms. The molecule has 1 aromatic rings. The van der Waals surface area contributed by atoms with Gasteiger partial charge in [-0.1, -0.05) is 12.1 Å². The smallest absolute Gasteiger partial charge is 0.339 e. The van der Waals surface area contributed by atoms with E-state index in [4.69, 9.17) is 9.84 Å². The Hall–Kier alpha value is -1.92. The number of hydrogen-bond donors (Lipinski definition) is 3. The molecule has 3 N–H and O–H groups in total. The van der Waals surface area contributed by atoms with E-state index in [-0.39, 0.29) is 30.4 Å². The Balaban J connectivity index is 2.10. The molecule has 0 heterocycles. The predicted octanol–water partition coefficient (Wildman–Crippen LogP) is 0.816. The lowest BCUT2D eigenvalue weighted by Gasteiger charge is -2.29. The Morgan fingerprint density at radius 2 is 1.55 bits per heavy atom. The normalized spacial score (nSPS) is 26.0. The summed E-state index contributed by atoms with van der Waals surface area (Å²) < 4.78 is 5.19. The highest BCUT2D eigenvalue weighted by Gasteiger charge is 2.30. The topological polar surface area (TPSA) is 104 Å². The highest BCUT2D eigenvalue weighted by molar-refractivity contribution is 6.02. The van der Waals surface area contributed by atoms with Crippen LogP contribution in [0.4, 0.5) is 0 Å². The molecular formula is C14H16O6. The van der Waals surface area contributed by atoms with Crippen LogP contribution < -0.4 is 0 Å². The second kappa shape index (κ2) is 6.02. The van der Waals surface area contributed by atoms with Crippen molar-refractivity contribution in [3.63, 3.8) is 0 Å². The van der Waals surface area contributed by atoms with Gasteiger partial charge in [-0.15, -0.1) is 0 Å². The average molecular weight is 280 g/mol. The molecule has 0 saturated heterocycles. The van der Waals surface area contributed by atoms with Crippen molar-refractivity contribution in [1.29, 1.82) is 0 Å². The van der Waals surface area contributed by atoms with Gasteiger partial charge < -0.3 is 20.1 Å². The summed E-state index contributed by atoms with van der Waals surface area (Å²) in [5.41, 5.74) is -0.163. The third kappa shape index (κ3) is 3.34.